The smallest absolute Gasteiger partial charge is 0.267 e. The number of aliphatic imine (C=N–C) groups is 1. The van der Waals surface area contributed by atoms with Crippen molar-refractivity contribution in [2.45, 2.75) is 45.1 Å². The van der Waals surface area contributed by atoms with E-state index in [1.807, 2.05) is 54.3 Å². The molecule has 6 nitrogen and oxygen atoms in total. The third-order valence-electron chi connectivity index (χ3n) is 5.59. The number of nitrogens with zero attached hydrogens (tertiary/aromatic N) is 2. The first-order chi connectivity index (χ1) is 15.5. The van der Waals surface area contributed by atoms with Crippen molar-refractivity contribution in [1.82, 2.24) is 4.90 Å². The van der Waals surface area contributed by atoms with Gasteiger partial charge in [0.05, 0.1) is 10.6 Å². The average Bonchev–Trinajstić information content (AvgIpc) is 3.10. The second-order valence-corrected chi connectivity index (χ2v) is 9.14. The third-order valence-corrected chi connectivity index (χ3v) is 6.58. The van der Waals surface area contributed by atoms with Crippen molar-refractivity contribution in [3.05, 3.63) is 64.6 Å². The first-order valence-electron chi connectivity index (χ1n) is 10.9. The number of aryl methyl sites for hydroxylation is 1. The minimum absolute atomic E-state index is 0.0156. The Balaban J connectivity index is 1.59. The number of rotatable bonds is 6. The molecule has 2 aromatic carbocycles. The van der Waals surface area contributed by atoms with Crippen LogP contribution in [0.2, 0.25) is 0 Å². The summed E-state index contributed by atoms with van der Waals surface area (Å²) in [4.78, 5) is 31.7. The fraction of sp³-hybridized carbons (Fsp3) is 0.320. The highest BCUT2D eigenvalue weighted by atomic mass is 32.2. The van der Waals surface area contributed by atoms with Crippen LogP contribution in [-0.2, 0) is 9.59 Å². The molecule has 0 bridgehead atoms. The van der Waals surface area contributed by atoms with E-state index >= 15 is 0 Å². The van der Waals surface area contributed by atoms with Crippen LogP contribution < -0.4 is 10.5 Å². The number of ether oxygens (including phenoxy) is 1. The zero-order valence-electron chi connectivity index (χ0n) is 18.1. The van der Waals surface area contributed by atoms with Crippen LogP contribution in [0.3, 0.4) is 0 Å². The monoisotopic (exact) mass is 449 g/mol. The fourth-order valence-corrected chi connectivity index (χ4v) is 4.98. The van der Waals surface area contributed by atoms with E-state index in [1.54, 1.807) is 12.1 Å². The zero-order valence-corrected chi connectivity index (χ0v) is 18.9. The van der Waals surface area contributed by atoms with E-state index in [0.717, 1.165) is 42.1 Å². The fourth-order valence-electron chi connectivity index (χ4n) is 3.92. The maximum atomic E-state index is 13.4. The number of hydrogen-bond acceptors (Lipinski definition) is 5. The number of amidine groups is 1. The Morgan fingerprint density at radius 3 is 2.47 bits per heavy atom. The minimum atomic E-state index is -0.521. The summed E-state index contributed by atoms with van der Waals surface area (Å²) >= 11 is 1.43. The van der Waals surface area contributed by atoms with Gasteiger partial charge in [-0.05, 0) is 67.4 Å². The van der Waals surface area contributed by atoms with E-state index in [2.05, 4.69) is 0 Å². The lowest BCUT2D eigenvalue weighted by atomic mass is 9.94. The third kappa shape index (κ3) is 5.40. The van der Waals surface area contributed by atoms with Crippen LogP contribution in [0.4, 0.5) is 5.69 Å². The van der Waals surface area contributed by atoms with Crippen molar-refractivity contribution in [1.29, 1.82) is 0 Å². The van der Waals surface area contributed by atoms with Crippen LogP contribution in [-0.4, -0.2) is 34.5 Å². The molecule has 2 N–H and O–H groups in total. The molecule has 7 heteroatoms. The van der Waals surface area contributed by atoms with E-state index in [0.29, 0.717) is 10.7 Å². The van der Waals surface area contributed by atoms with Gasteiger partial charge in [-0.1, -0.05) is 49.1 Å². The molecule has 1 heterocycles. The van der Waals surface area contributed by atoms with Gasteiger partial charge >= 0.3 is 0 Å². The minimum Gasteiger partial charge on any atom is -0.484 e. The van der Waals surface area contributed by atoms with E-state index in [-0.39, 0.29) is 18.6 Å². The molecule has 32 heavy (non-hydrogen) atoms. The number of thioether (sulfide) groups is 1. The van der Waals surface area contributed by atoms with Gasteiger partial charge in [-0.2, -0.15) is 0 Å². The van der Waals surface area contributed by atoms with Gasteiger partial charge in [0.1, 0.15) is 5.75 Å². The molecule has 1 saturated carbocycles. The predicted molar refractivity (Wildman–Crippen MR) is 129 cm³/mol. The molecule has 0 unspecified atom stereocenters. The molecule has 2 aromatic rings. The number of benzene rings is 2. The molecular weight excluding hydrogens is 422 g/mol. The summed E-state index contributed by atoms with van der Waals surface area (Å²) in [6.07, 6.45) is 7.42. The van der Waals surface area contributed by atoms with Gasteiger partial charge in [0, 0.05) is 6.04 Å². The van der Waals surface area contributed by atoms with Crippen LogP contribution in [0.15, 0.2) is 58.4 Å². The lowest BCUT2D eigenvalue weighted by Crippen LogP contribution is -2.40. The summed E-state index contributed by atoms with van der Waals surface area (Å²) < 4.78 is 5.31. The highest BCUT2D eigenvalue weighted by Crippen LogP contribution is 2.38. The number of carbonyl (C=O) groups excluding carboxylic acids is 2. The van der Waals surface area contributed by atoms with Crippen LogP contribution >= 0.6 is 11.8 Å². The molecule has 1 saturated heterocycles. The number of primary amides is 1. The second-order valence-electron chi connectivity index (χ2n) is 8.13. The molecule has 2 aliphatic rings. The first kappa shape index (κ1) is 22.1. The Bertz CT molecular complexity index is 1040. The van der Waals surface area contributed by atoms with Gasteiger partial charge in [0.15, 0.2) is 11.8 Å². The molecule has 0 radical (unpaired) electrons. The van der Waals surface area contributed by atoms with Crippen LogP contribution in [0, 0.1) is 6.92 Å². The summed E-state index contributed by atoms with van der Waals surface area (Å²) in [5.74, 6) is 0.0518. The normalized spacial score (nSPS) is 19.7. The molecule has 2 amide bonds. The highest BCUT2D eigenvalue weighted by Gasteiger charge is 2.38. The van der Waals surface area contributed by atoms with E-state index < -0.39 is 5.91 Å². The average molecular weight is 450 g/mol. The summed E-state index contributed by atoms with van der Waals surface area (Å²) in [7, 11) is 0. The van der Waals surface area contributed by atoms with E-state index in [9.17, 15) is 9.59 Å². The number of amides is 2. The highest BCUT2D eigenvalue weighted by molar-refractivity contribution is 8.18. The Morgan fingerprint density at radius 2 is 1.81 bits per heavy atom. The van der Waals surface area contributed by atoms with Gasteiger partial charge in [-0.3, -0.25) is 14.5 Å². The molecule has 166 valence electrons. The molecule has 0 atom stereocenters. The number of carbonyl (C=O) groups is 2. The van der Waals surface area contributed by atoms with Gasteiger partial charge in [-0.15, -0.1) is 0 Å². The Kier molecular flexibility index (Phi) is 6.95. The largest absolute Gasteiger partial charge is 0.484 e. The van der Waals surface area contributed by atoms with Crippen molar-refractivity contribution >= 4 is 40.5 Å². The standard InChI is InChI=1S/C25H27N3O3S/c1-17-7-11-19(12-8-17)27-25-28(20-5-3-2-4-6-20)24(30)22(32-25)15-18-9-13-21(14-10-18)31-16-23(26)29/h7-15,20H,2-6,16H2,1H3,(H2,26,29)/b22-15+,27-25?. The molecule has 0 aromatic heterocycles. The van der Waals surface area contributed by atoms with Gasteiger partial charge in [0.2, 0.25) is 0 Å². The van der Waals surface area contributed by atoms with Gasteiger partial charge in [-0.25, -0.2) is 4.99 Å². The number of hydrogen-bond donors (Lipinski definition) is 1. The topological polar surface area (TPSA) is 85.0 Å². The predicted octanol–water partition coefficient (Wildman–Crippen LogP) is 4.80. The summed E-state index contributed by atoms with van der Waals surface area (Å²) in [6, 6.07) is 15.5. The van der Waals surface area contributed by atoms with Crippen LogP contribution in [0.25, 0.3) is 6.08 Å². The molecule has 1 aliphatic heterocycles. The Morgan fingerprint density at radius 1 is 1.12 bits per heavy atom. The van der Waals surface area contributed by atoms with E-state index in [4.69, 9.17) is 15.5 Å². The van der Waals surface area contributed by atoms with E-state index in [1.165, 1.54) is 23.7 Å². The second kappa shape index (κ2) is 10.0. The lowest BCUT2D eigenvalue weighted by molar-refractivity contribution is -0.124. The molecular formula is C25H27N3O3S. The van der Waals surface area contributed by atoms with Gasteiger partial charge < -0.3 is 10.5 Å². The summed E-state index contributed by atoms with van der Waals surface area (Å²) in [6.45, 7) is 1.88. The molecule has 2 fully saturated rings. The van der Waals surface area contributed by atoms with Crippen molar-refractivity contribution in [2.24, 2.45) is 10.7 Å². The van der Waals surface area contributed by atoms with Crippen molar-refractivity contribution in [3.63, 3.8) is 0 Å². The molecule has 0 spiro atoms. The van der Waals surface area contributed by atoms with Crippen LogP contribution in [0.1, 0.15) is 43.2 Å². The SMILES string of the molecule is Cc1ccc(N=C2S/C(=C/c3ccc(OCC(N)=O)cc3)C(=O)N2C2CCCCC2)cc1. The Labute approximate surface area is 192 Å². The quantitative estimate of drug-likeness (QED) is 0.642. The number of nitrogens with two attached hydrogens (primary N) is 1. The first-order valence-corrected chi connectivity index (χ1v) is 11.7. The van der Waals surface area contributed by atoms with Crippen LogP contribution in [0.5, 0.6) is 5.75 Å². The maximum Gasteiger partial charge on any atom is 0.267 e. The lowest BCUT2D eigenvalue weighted by Gasteiger charge is -2.30. The van der Waals surface area contributed by atoms with Crippen molar-refractivity contribution < 1.29 is 14.3 Å². The molecule has 1 aliphatic carbocycles. The van der Waals surface area contributed by atoms with Crippen molar-refractivity contribution in [3.8, 4) is 5.75 Å². The van der Waals surface area contributed by atoms with Gasteiger partial charge in [0.25, 0.3) is 11.8 Å². The van der Waals surface area contributed by atoms with Crippen molar-refractivity contribution in [2.75, 3.05) is 6.61 Å². The molecule has 4 rings (SSSR count). The maximum absolute atomic E-state index is 13.4. The Hall–Kier alpha value is -3.06. The summed E-state index contributed by atoms with van der Waals surface area (Å²) in [5.41, 5.74) is 8.03. The zero-order chi connectivity index (χ0) is 22.5. The summed E-state index contributed by atoms with van der Waals surface area (Å²) in [5, 5.41) is 0.749.